The Morgan fingerprint density at radius 1 is 1.14 bits per heavy atom. The molecule has 0 aliphatic carbocycles. The van der Waals surface area contributed by atoms with E-state index in [1.807, 2.05) is 62.4 Å². The molecule has 28 heavy (non-hydrogen) atoms. The third-order valence-corrected chi connectivity index (χ3v) is 5.22. The van der Waals surface area contributed by atoms with E-state index in [0.29, 0.717) is 13.0 Å². The maximum atomic E-state index is 12.7. The molecule has 1 unspecified atom stereocenters. The van der Waals surface area contributed by atoms with E-state index >= 15 is 0 Å². The van der Waals surface area contributed by atoms with E-state index in [0.717, 1.165) is 40.9 Å². The van der Waals surface area contributed by atoms with Crippen LogP contribution in [0.25, 0.3) is 5.57 Å². The van der Waals surface area contributed by atoms with E-state index in [-0.39, 0.29) is 11.5 Å². The number of benzene rings is 2. The highest BCUT2D eigenvalue weighted by molar-refractivity contribution is 6.07. The Balaban J connectivity index is 1.90. The summed E-state index contributed by atoms with van der Waals surface area (Å²) >= 11 is 0. The molecule has 0 spiro atoms. The highest BCUT2D eigenvalue weighted by Gasteiger charge is 2.37. The SMILES string of the molecule is CCCCOc1ccc(C2(C)CC(c3ccc(C)cc3)=C(C#N)C(=O)N2)cc1. The van der Waals surface area contributed by atoms with Crippen molar-refractivity contribution in [1.82, 2.24) is 5.32 Å². The largest absolute Gasteiger partial charge is 0.494 e. The van der Waals surface area contributed by atoms with Crippen LogP contribution in [0.1, 0.15) is 49.8 Å². The third kappa shape index (κ3) is 4.09. The van der Waals surface area contributed by atoms with Crippen molar-refractivity contribution >= 4 is 11.5 Å². The molecule has 1 N–H and O–H groups in total. The summed E-state index contributed by atoms with van der Waals surface area (Å²) in [5, 5.41) is 12.6. The van der Waals surface area contributed by atoms with Gasteiger partial charge in [-0.25, -0.2) is 0 Å². The summed E-state index contributed by atoms with van der Waals surface area (Å²) in [4.78, 5) is 12.7. The minimum Gasteiger partial charge on any atom is -0.494 e. The number of hydrogen-bond donors (Lipinski definition) is 1. The van der Waals surface area contributed by atoms with Gasteiger partial charge in [-0.1, -0.05) is 55.3 Å². The highest BCUT2D eigenvalue weighted by atomic mass is 16.5. The van der Waals surface area contributed by atoms with Crippen molar-refractivity contribution in [2.24, 2.45) is 0 Å². The number of nitriles is 1. The van der Waals surface area contributed by atoms with E-state index in [1.54, 1.807) is 0 Å². The van der Waals surface area contributed by atoms with Gasteiger partial charge in [0.05, 0.1) is 12.1 Å². The summed E-state index contributed by atoms with van der Waals surface area (Å²) in [7, 11) is 0. The van der Waals surface area contributed by atoms with Gasteiger partial charge < -0.3 is 10.1 Å². The van der Waals surface area contributed by atoms with Crippen molar-refractivity contribution < 1.29 is 9.53 Å². The average molecular weight is 374 g/mol. The first-order valence-corrected chi connectivity index (χ1v) is 9.73. The monoisotopic (exact) mass is 374 g/mol. The van der Waals surface area contributed by atoms with Crippen LogP contribution in [-0.4, -0.2) is 12.5 Å². The lowest BCUT2D eigenvalue weighted by Crippen LogP contribution is -2.47. The molecule has 1 amide bonds. The predicted octanol–water partition coefficient (Wildman–Crippen LogP) is 4.89. The van der Waals surface area contributed by atoms with E-state index in [4.69, 9.17) is 4.74 Å². The van der Waals surface area contributed by atoms with Gasteiger partial charge in [-0.3, -0.25) is 4.79 Å². The van der Waals surface area contributed by atoms with Gasteiger partial charge in [-0.05, 0) is 49.1 Å². The summed E-state index contributed by atoms with van der Waals surface area (Å²) in [5.41, 5.74) is 3.45. The zero-order chi connectivity index (χ0) is 20.1. The fraction of sp³-hybridized carbons (Fsp3) is 0.333. The highest BCUT2D eigenvalue weighted by Crippen LogP contribution is 2.38. The second kappa shape index (κ2) is 8.31. The van der Waals surface area contributed by atoms with Gasteiger partial charge in [-0.15, -0.1) is 0 Å². The Kier molecular flexibility index (Phi) is 5.84. The number of carbonyl (C=O) groups excluding carboxylic acids is 1. The quantitative estimate of drug-likeness (QED) is 0.733. The maximum Gasteiger partial charge on any atom is 0.262 e. The molecule has 2 aromatic rings. The number of carbonyl (C=O) groups is 1. The minimum atomic E-state index is -0.584. The zero-order valence-electron chi connectivity index (χ0n) is 16.7. The van der Waals surface area contributed by atoms with E-state index in [2.05, 4.69) is 18.3 Å². The lowest BCUT2D eigenvalue weighted by molar-refractivity contribution is -0.119. The number of nitrogens with zero attached hydrogens (tertiary/aromatic N) is 1. The van der Waals surface area contributed by atoms with Crippen molar-refractivity contribution in [3.05, 3.63) is 70.8 Å². The van der Waals surface area contributed by atoms with E-state index in [9.17, 15) is 10.1 Å². The molecular weight excluding hydrogens is 348 g/mol. The molecule has 0 fully saturated rings. The van der Waals surface area contributed by atoms with Gasteiger partial charge in [-0.2, -0.15) is 5.26 Å². The van der Waals surface area contributed by atoms with Crippen molar-refractivity contribution in [3.63, 3.8) is 0 Å². The van der Waals surface area contributed by atoms with Crippen LogP contribution in [-0.2, 0) is 10.3 Å². The average Bonchev–Trinajstić information content (AvgIpc) is 2.69. The number of aryl methyl sites for hydroxylation is 1. The summed E-state index contributed by atoms with van der Waals surface area (Å²) < 4.78 is 5.74. The van der Waals surface area contributed by atoms with Crippen LogP contribution in [0.4, 0.5) is 0 Å². The van der Waals surface area contributed by atoms with Gasteiger partial charge in [0.2, 0.25) is 0 Å². The minimum absolute atomic E-state index is 0.195. The van der Waals surface area contributed by atoms with Gasteiger partial charge in [0.25, 0.3) is 5.91 Å². The molecule has 1 atom stereocenters. The Morgan fingerprint density at radius 2 is 1.82 bits per heavy atom. The fourth-order valence-corrected chi connectivity index (χ4v) is 3.48. The number of unbranched alkanes of at least 4 members (excludes halogenated alkanes) is 1. The van der Waals surface area contributed by atoms with Gasteiger partial charge in [0, 0.05) is 6.42 Å². The van der Waals surface area contributed by atoms with Crippen molar-refractivity contribution in [2.45, 2.75) is 45.6 Å². The molecule has 0 bridgehead atoms. The fourth-order valence-electron chi connectivity index (χ4n) is 3.48. The Morgan fingerprint density at radius 3 is 2.43 bits per heavy atom. The molecule has 4 heteroatoms. The van der Waals surface area contributed by atoms with Crippen LogP contribution >= 0.6 is 0 Å². The lowest BCUT2D eigenvalue weighted by Gasteiger charge is -2.36. The van der Waals surface area contributed by atoms with Gasteiger partial charge in [0.1, 0.15) is 17.4 Å². The summed E-state index contributed by atoms with van der Waals surface area (Å²) in [6, 6.07) is 17.9. The van der Waals surface area contributed by atoms with Crippen LogP contribution < -0.4 is 10.1 Å². The number of ether oxygens (including phenoxy) is 1. The molecular formula is C24H26N2O2. The molecule has 0 saturated heterocycles. The maximum absolute atomic E-state index is 12.7. The zero-order valence-corrected chi connectivity index (χ0v) is 16.7. The molecule has 1 heterocycles. The lowest BCUT2D eigenvalue weighted by atomic mass is 9.78. The van der Waals surface area contributed by atoms with Crippen LogP contribution in [0, 0.1) is 18.3 Å². The first-order chi connectivity index (χ1) is 13.5. The number of nitrogens with one attached hydrogen (secondary N) is 1. The Bertz CT molecular complexity index is 921. The van der Waals surface area contributed by atoms with E-state index in [1.165, 1.54) is 0 Å². The Hall–Kier alpha value is -3.06. The smallest absolute Gasteiger partial charge is 0.262 e. The van der Waals surface area contributed by atoms with Crippen LogP contribution in [0.2, 0.25) is 0 Å². The Labute approximate surface area is 166 Å². The summed E-state index contributed by atoms with van der Waals surface area (Å²) in [6.45, 7) is 6.86. The van der Waals surface area contributed by atoms with Crippen LogP contribution in [0.3, 0.4) is 0 Å². The molecule has 0 saturated carbocycles. The van der Waals surface area contributed by atoms with Crippen molar-refractivity contribution in [2.75, 3.05) is 6.61 Å². The molecule has 4 nitrogen and oxygen atoms in total. The second-order valence-electron chi connectivity index (χ2n) is 7.52. The van der Waals surface area contributed by atoms with E-state index < -0.39 is 5.54 Å². The standard InChI is InChI=1S/C24H26N2O2/c1-4-5-14-28-20-12-10-19(11-13-20)24(3)15-21(22(16-25)23(27)26-24)18-8-6-17(2)7-9-18/h6-13H,4-5,14-15H2,1-3H3,(H,26,27). The van der Waals surface area contributed by atoms with Crippen LogP contribution in [0.5, 0.6) is 5.75 Å². The van der Waals surface area contributed by atoms with Gasteiger partial charge >= 0.3 is 0 Å². The topological polar surface area (TPSA) is 62.1 Å². The molecule has 0 aromatic heterocycles. The van der Waals surface area contributed by atoms with Gasteiger partial charge in [0.15, 0.2) is 0 Å². The number of rotatable bonds is 6. The second-order valence-corrected chi connectivity index (χ2v) is 7.52. The summed E-state index contributed by atoms with van der Waals surface area (Å²) in [5.74, 6) is 0.505. The van der Waals surface area contributed by atoms with Crippen LogP contribution in [0.15, 0.2) is 54.1 Å². The number of amides is 1. The molecule has 144 valence electrons. The van der Waals surface area contributed by atoms with Crippen molar-refractivity contribution in [1.29, 1.82) is 5.26 Å². The molecule has 0 radical (unpaired) electrons. The molecule has 1 aliphatic heterocycles. The summed E-state index contributed by atoms with van der Waals surface area (Å²) in [6.07, 6.45) is 2.68. The molecule has 3 rings (SSSR count). The first kappa shape index (κ1) is 19.7. The predicted molar refractivity (Wildman–Crippen MR) is 111 cm³/mol. The molecule has 2 aromatic carbocycles. The number of hydrogen-bond acceptors (Lipinski definition) is 3. The first-order valence-electron chi connectivity index (χ1n) is 9.73. The normalized spacial score (nSPS) is 19.1. The third-order valence-electron chi connectivity index (χ3n) is 5.22. The van der Waals surface area contributed by atoms with Crippen molar-refractivity contribution in [3.8, 4) is 11.8 Å². The molecule has 1 aliphatic rings.